The fraction of sp³-hybridized carbons (Fsp3) is 0.188. The summed E-state index contributed by atoms with van der Waals surface area (Å²) in [6, 6.07) is 11.0. The lowest BCUT2D eigenvalue weighted by molar-refractivity contribution is 0.475. The highest BCUT2D eigenvalue weighted by atomic mass is 16.3. The van der Waals surface area contributed by atoms with Crippen LogP contribution in [0.15, 0.2) is 46.6 Å². The van der Waals surface area contributed by atoms with E-state index >= 15 is 0 Å². The van der Waals surface area contributed by atoms with E-state index in [9.17, 15) is 5.11 Å². The molecule has 0 aliphatic heterocycles. The van der Waals surface area contributed by atoms with Gasteiger partial charge in [0.2, 0.25) is 0 Å². The van der Waals surface area contributed by atoms with Crippen LogP contribution in [0.5, 0.6) is 5.75 Å². The van der Waals surface area contributed by atoms with Gasteiger partial charge in [0.05, 0.1) is 11.4 Å². The van der Waals surface area contributed by atoms with E-state index in [1.165, 1.54) is 0 Å². The number of imidazole rings is 1. The Labute approximate surface area is 122 Å². The van der Waals surface area contributed by atoms with Gasteiger partial charge in [-0.1, -0.05) is 6.07 Å². The second-order valence-corrected chi connectivity index (χ2v) is 5.05. The molecule has 0 aliphatic carbocycles. The SMILES string of the molecule is Cc1cc(O)ccc1N=Nc1c(C)nc2cccc(C)n12. The number of azo groups is 1. The molecular weight excluding hydrogens is 264 g/mol. The first kappa shape index (κ1) is 13.3. The summed E-state index contributed by atoms with van der Waals surface area (Å²) in [4.78, 5) is 4.49. The molecule has 5 nitrogen and oxygen atoms in total. The van der Waals surface area contributed by atoms with Crippen molar-refractivity contribution in [3.63, 3.8) is 0 Å². The summed E-state index contributed by atoms with van der Waals surface area (Å²) in [6.07, 6.45) is 0. The lowest BCUT2D eigenvalue weighted by Gasteiger charge is -2.02. The van der Waals surface area contributed by atoms with Gasteiger partial charge >= 0.3 is 0 Å². The predicted molar refractivity (Wildman–Crippen MR) is 81.7 cm³/mol. The number of rotatable bonds is 2. The fourth-order valence-electron chi connectivity index (χ4n) is 2.32. The van der Waals surface area contributed by atoms with E-state index in [0.29, 0.717) is 0 Å². The Kier molecular flexibility index (Phi) is 3.17. The van der Waals surface area contributed by atoms with Crippen molar-refractivity contribution < 1.29 is 5.11 Å². The van der Waals surface area contributed by atoms with Crippen LogP contribution in [0.1, 0.15) is 17.0 Å². The van der Waals surface area contributed by atoms with Crippen molar-refractivity contribution in [2.24, 2.45) is 10.2 Å². The third-order valence-corrected chi connectivity index (χ3v) is 3.42. The summed E-state index contributed by atoms with van der Waals surface area (Å²) >= 11 is 0. The molecule has 0 saturated carbocycles. The average Bonchev–Trinajstić information content (AvgIpc) is 2.75. The number of aryl methyl sites for hydroxylation is 3. The molecule has 0 atom stereocenters. The second kappa shape index (κ2) is 5.01. The van der Waals surface area contributed by atoms with E-state index in [4.69, 9.17) is 0 Å². The van der Waals surface area contributed by atoms with Crippen LogP contribution in [-0.4, -0.2) is 14.5 Å². The predicted octanol–water partition coefficient (Wildman–Crippen LogP) is 4.38. The Morgan fingerprint density at radius 1 is 1.05 bits per heavy atom. The van der Waals surface area contributed by atoms with Crippen molar-refractivity contribution in [1.82, 2.24) is 9.38 Å². The molecule has 21 heavy (non-hydrogen) atoms. The maximum Gasteiger partial charge on any atom is 0.182 e. The van der Waals surface area contributed by atoms with E-state index in [1.54, 1.807) is 18.2 Å². The minimum Gasteiger partial charge on any atom is -0.508 e. The Bertz CT molecular complexity index is 849. The molecule has 2 aromatic heterocycles. The molecule has 1 aromatic carbocycles. The first-order valence-electron chi connectivity index (χ1n) is 6.72. The molecule has 2 heterocycles. The highest BCUT2D eigenvalue weighted by Crippen LogP contribution is 2.27. The molecule has 0 radical (unpaired) electrons. The number of nitrogens with zero attached hydrogens (tertiary/aromatic N) is 4. The van der Waals surface area contributed by atoms with Crippen molar-refractivity contribution in [2.75, 3.05) is 0 Å². The number of aromatic hydroxyl groups is 1. The zero-order chi connectivity index (χ0) is 15.0. The van der Waals surface area contributed by atoms with Gasteiger partial charge in [0.1, 0.15) is 11.4 Å². The zero-order valence-corrected chi connectivity index (χ0v) is 12.2. The van der Waals surface area contributed by atoms with Crippen LogP contribution in [0.4, 0.5) is 11.5 Å². The van der Waals surface area contributed by atoms with Crippen molar-refractivity contribution in [3.8, 4) is 5.75 Å². The van der Waals surface area contributed by atoms with Crippen LogP contribution in [0.3, 0.4) is 0 Å². The van der Waals surface area contributed by atoms with Gasteiger partial charge in [-0.15, -0.1) is 10.2 Å². The maximum absolute atomic E-state index is 9.43. The van der Waals surface area contributed by atoms with E-state index in [1.807, 2.05) is 43.4 Å². The van der Waals surface area contributed by atoms with E-state index in [-0.39, 0.29) is 5.75 Å². The first-order valence-corrected chi connectivity index (χ1v) is 6.72. The number of hydrogen-bond donors (Lipinski definition) is 1. The molecular formula is C16H16N4O. The van der Waals surface area contributed by atoms with Gasteiger partial charge in [-0.2, -0.15) is 0 Å². The monoisotopic (exact) mass is 280 g/mol. The van der Waals surface area contributed by atoms with Crippen molar-refractivity contribution in [3.05, 3.63) is 53.3 Å². The minimum atomic E-state index is 0.230. The smallest absolute Gasteiger partial charge is 0.182 e. The zero-order valence-electron chi connectivity index (χ0n) is 12.2. The molecule has 0 unspecified atom stereocenters. The number of phenols is 1. The van der Waals surface area contributed by atoms with Gasteiger partial charge in [0.25, 0.3) is 0 Å². The average molecular weight is 280 g/mol. The normalized spacial score (nSPS) is 11.6. The van der Waals surface area contributed by atoms with Gasteiger partial charge in [0, 0.05) is 5.69 Å². The molecule has 0 saturated heterocycles. The molecule has 0 aliphatic rings. The Morgan fingerprint density at radius 3 is 2.62 bits per heavy atom. The lowest BCUT2D eigenvalue weighted by Crippen LogP contribution is -1.89. The molecule has 3 rings (SSSR count). The van der Waals surface area contributed by atoms with Gasteiger partial charge < -0.3 is 5.11 Å². The summed E-state index contributed by atoms with van der Waals surface area (Å²) < 4.78 is 1.98. The van der Waals surface area contributed by atoms with Crippen LogP contribution < -0.4 is 0 Å². The molecule has 106 valence electrons. The molecule has 3 aromatic rings. The van der Waals surface area contributed by atoms with Crippen LogP contribution in [-0.2, 0) is 0 Å². The summed E-state index contributed by atoms with van der Waals surface area (Å²) in [5.74, 6) is 0.962. The van der Waals surface area contributed by atoms with E-state index in [0.717, 1.165) is 34.1 Å². The lowest BCUT2D eigenvalue weighted by atomic mass is 10.2. The number of phenolic OH excluding ortho intramolecular Hbond substituents is 1. The molecule has 1 N–H and O–H groups in total. The Hall–Kier alpha value is -2.69. The van der Waals surface area contributed by atoms with Crippen LogP contribution in [0, 0.1) is 20.8 Å². The quantitative estimate of drug-likeness (QED) is 0.708. The molecule has 5 heteroatoms. The topological polar surface area (TPSA) is 62.2 Å². The summed E-state index contributed by atoms with van der Waals surface area (Å²) in [7, 11) is 0. The van der Waals surface area contributed by atoms with Gasteiger partial charge in [-0.3, -0.25) is 4.40 Å². The third kappa shape index (κ3) is 2.38. The molecule has 0 amide bonds. The van der Waals surface area contributed by atoms with Crippen LogP contribution in [0.25, 0.3) is 5.65 Å². The van der Waals surface area contributed by atoms with Crippen LogP contribution >= 0.6 is 0 Å². The number of aromatic nitrogens is 2. The highest BCUT2D eigenvalue weighted by Gasteiger charge is 2.09. The van der Waals surface area contributed by atoms with Gasteiger partial charge in [0.15, 0.2) is 5.82 Å². The number of pyridine rings is 1. The summed E-state index contributed by atoms with van der Waals surface area (Å²) in [5.41, 5.74) is 4.37. The van der Waals surface area contributed by atoms with Crippen molar-refractivity contribution in [1.29, 1.82) is 0 Å². The number of hydrogen-bond acceptors (Lipinski definition) is 4. The third-order valence-electron chi connectivity index (χ3n) is 3.42. The molecule has 0 spiro atoms. The Morgan fingerprint density at radius 2 is 1.86 bits per heavy atom. The second-order valence-electron chi connectivity index (χ2n) is 5.05. The Balaban J connectivity index is 2.09. The van der Waals surface area contributed by atoms with Crippen molar-refractivity contribution >= 4 is 17.2 Å². The standard InChI is InChI=1S/C16H16N4O/c1-10-9-13(21)7-8-14(10)18-19-16-12(3)17-15-6-4-5-11(2)20(15)16/h4-9,21H,1-3H3. The van der Waals surface area contributed by atoms with Crippen LogP contribution in [0.2, 0.25) is 0 Å². The van der Waals surface area contributed by atoms with E-state index < -0.39 is 0 Å². The number of benzene rings is 1. The fourth-order valence-corrected chi connectivity index (χ4v) is 2.32. The first-order chi connectivity index (χ1) is 10.1. The van der Waals surface area contributed by atoms with Crippen molar-refractivity contribution in [2.45, 2.75) is 20.8 Å². The summed E-state index contributed by atoms with van der Waals surface area (Å²) in [5, 5.41) is 18.1. The highest BCUT2D eigenvalue weighted by molar-refractivity contribution is 5.54. The van der Waals surface area contributed by atoms with Gasteiger partial charge in [-0.05, 0) is 56.7 Å². The van der Waals surface area contributed by atoms with E-state index in [2.05, 4.69) is 15.2 Å². The minimum absolute atomic E-state index is 0.230. The maximum atomic E-state index is 9.43. The molecule has 0 bridgehead atoms. The largest absolute Gasteiger partial charge is 0.508 e. The number of fused-ring (bicyclic) bond motifs is 1. The molecule has 0 fully saturated rings. The summed E-state index contributed by atoms with van der Waals surface area (Å²) in [6.45, 7) is 5.82. The van der Waals surface area contributed by atoms with Gasteiger partial charge in [-0.25, -0.2) is 4.98 Å².